The van der Waals surface area contributed by atoms with Crippen molar-refractivity contribution < 1.29 is 14.2 Å². The van der Waals surface area contributed by atoms with Crippen LogP contribution in [0.3, 0.4) is 0 Å². The lowest BCUT2D eigenvalue weighted by Crippen LogP contribution is -2.17. The van der Waals surface area contributed by atoms with Crippen molar-refractivity contribution in [1.82, 2.24) is 10.3 Å². The van der Waals surface area contributed by atoms with E-state index in [0.29, 0.717) is 11.4 Å². The number of rotatable bonds is 3. The molecule has 0 saturated heterocycles. The van der Waals surface area contributed by atoms with Gasteiger partial charge in [0.25, 0.3) is 0 Å². The van der Waals surface area contributed by atoms with Gasteiger partial charge in [-0.3, -0.25) is 0 Å². The van der Waals surface area contributed by atoms with Crippen LogP contribution < -0.4 is 11.1 Å². The summed E-state index contributed by atoms with van der Waals surface area (Å²) in [5.74, 6) is -0.593. The van der Waals surface area contributed by atoms with Crippen molar-refractivity contribution in [3.05, 3.63) is 40.4 Å². The second-order valence-corrected chi connectivity index (χ2v) is 3.87. The Bertz CT molecular complexity index is 616. The van der Waals surface area contributed by atoms with Crippen LogP contribution in [0.1, 0.15) is 11.4 Å². The van der Waals surface area contributed by atoms with Gasteiger partial charge in [-0.05, 0) is 23.4 Å². The highest BCUT2D eigenvalue weighted by Gasteiger charge is 2.16. The molecule has 19 heavy (non-hydrogen) atoms. The van der Waals surface area contributed by atoms with Crippen molar-refractivity contribution in [3.63, 3.8) is 0 Å². The summed E-state index contributed by atoms with van der Waals surface area (Å²) in [5.41, 5.74) is 6.31. The Labute approximate surface area is 111 Å². The van der Waals surface area contributed by atoms with Crippen molar-refractivity contribution in [2.45, 2.75) is 6.54 Å². The third-order valence-electron chi connectivity index (χ3n) is 2.26. The first-order valence-electron chi connectivity index (χ1n) is 5.11. The molecule has 1 aromatic heterocycles. The maximum atomic E-state index is 13.0. The molecule has 0 aliphatic carbocycles. The van der Waals surface area contributed by atoms with Gasteiger partial charge in [0.1, 0.15) is 11.5 Å². The molecule has 9 heteroatoms. The van der Waals surface area contributed by atoms with E-state index < -0.39 is 5.82 Å². The summed E-state index contributed by atoms with van der Waals surface area (Å²) in [6.45, 7) is 0.0592. The van der Waals surface area contributed by atoms with Crippen molar-refractivity contribution in [2.24, 2.45) is 10.9 Å². The van der Waals surface area contributed by atoms with Crippen molar-refractivity contribution >= 4 is 23.1 Å². The minimum atomic E-state index is -0.555. The number of hydrogen-bond acceptors (Lipinski definition) is 6. The second kappa shape index (κ2) is 5.63. The van der Waals surface area contributed by atoms with Crippen LogP contribution in [0, 0.1) is 5.82 Å². The van der Waals surface area contributed by atoms with Crippen LogP contribution in [0.2, 0.25) is 5.02 Å². The van der Waals surface area contributed by atoms with Crippen molar-refractivity contribution in [1.29, 1.82) is 0 Å². The van der Waals surface area contributed by atoms with Crippen molar-refractivity contribution in [3.8, 4) is 0 Å². The Morgan fingerprint density at radius 3 is 2.95 bits per heavy atom. The highest BCUT2D eigenvalue weighted by atomic mass is 35.5. The third kappa shape index (κ3) is 2.80. The predicted molar refractivity (Wildman–Crippen MR) is 65.5 cm³/mol. The molecule has 0 radical (unpaired) electrons. The molecular weight excluding hydrogens is 277 g/mol. The third-order valence-corrected chi connectivity index (χ3v) is 2.55. The number of nitrogens with zero attached hydrogens (tertiary/aromatic N) is 3. The Hall–Kier alpha value is -2.19. The fraction of sp³-hybridized carbons (Fsp3) is 0.100. The Morgan fingerprint density at radius 2 is 2.32 bits per heavy atom. The molecule has 2 aromatic rings. The lowest BCUT2D eigenvalue weighted by atomic mass is 10.2. The van der Waals surface area contributed by atoms with Crippen LogP contribution in [-0.2, 0) is 6.54 Å². The molecule has 0 spiro atoms. The van der Waals surface area contributed by atoms with Crippen LogP contribution in [0.15, 0.2) is 28.0 Å². The molecule has 0 bridgehead atoms. The minimum absolute atomic E-state index is 0.0376. The first kappa shape index (κ1) is 13.2. The number of aromatic nitrogens is 2. The standard InChI is InChI=1S/C10H9ClFN5O2/c11-6-3-5(1-2-7(6)12)14-10(15-18)9-8(4-13)16-19-17-9/h1-3,18H,4,13H2,(H,14,15). The number of benzene rings is 1. The van der Waals surface area contributed by atoms with Gasteiger partial charge in [-0.15, -0.1) is 0 Å². The Balaban J connectivity index is 2.27. The maximum Gasteiger partial charge on any atom is 0.201 e. The van der Waals surface area contributed by atoms with Gasteiger partial charge in [-0.2, -0.15) is 0 Å². The number of oxime groups is 1. The van der Waals surface area contributed by atoms with Gasteiger partial charge in [0.15, 0.2) is 5.69 Å². The zero-order valence-corrected chi connectivity index (χ0v) is 10.2. The minimum Gasteiger partial charge on any atom is -0.409 e. The van der Waals surface area contributed by atoms with Crippen LogP contribution in [0.4, 0.5) is 10.1 Å². The fourth-order valence-corrected chi connectivity index (χ4v) is 1.54. The molecule has 0 saturated carbocycles. The van der Waals surface area contributed by atoms with E-state index in [4.69, 9.17) is 22.5 Å². The number of hydrogen-bond donors (Lipinski definition) is 3. The predicted octanol–water partition coefficient (Wildman–Crippen LogP) is 1.57. The lowest BCUT2D eigenvalue weighted by molar-refractivity contribution is 0.301. The molecule has 0 aliphatic heterocycles. The summed E-state index contributed by atoms with van der Waals surface area (Å²) in [7, 11) is 0. The summed E-state index contributed by atoms with van der Waals surface area (Å²) >= 11 is 5.64. The second-order valence-electron chi connectivity index (χ2n) is 3.47. The van der Waals surface area contributed by atoms with Crippen LogP contribution >= 0.6 is 11.6 Å². The first-order valence-corrected chi connectivity index (χ1v) is 5.49. The number of anilines is 1. The molecule has 4 N–H and O–H groups in total. The van der Waals surface area contributed by atoms with E-state index in [1.54, 1.807) is 0 Å². The average molecular weight is 286 g/mol. The molecule has 0 fully saturated rings. The molecule has 0 amide bonds. The normalized spacial score (nSPS) is 11.6. The van der Waals surface area contributed by atoms with E-state index in [2.05, 4.69) is 25.4 Å². The molecule has 100 valence electrons. The van der Waals surface area contributed by atoms with Gasteiger partial charge >= 0.3 is 0 Å². The van der Waals surface area contributed by atoms with Crippen LogP contribution in [-0.4, -0.2) is 21.4 Å². The topological polar surface area (TPSA) is 110 Å². The largest absolute Gasteiger partial charge is 0.409 e. The first-order chi connectivity index (χ1) is 9.15. The van der Waals surface area contributed by atoms with Gasteiger partial charge in [0.2, 0.25) is 5.84 Å². The smallest absolute Gasteiger partial charge is 0.201 e. The maximum absolute atomic E-state index is 13.0. The van der Waals surface area contributed by atoms with E-state index in [0.717, 1.165) is 0 Å². The Kier molecular flexibility index (Phi) is 3.93. The van der Waals surface area contributed by atoms with Crippen molar-refractivity contribution in [2.75, 3.05) is 5.32 Å². The zero-order chi connectivity index (χ0) is 13.8. The number of halogens is 2. The molecule has 7 nitrogen and oxygen atoms in total. The van der Waals surface area contributed by atoms with Gasteiger partial charge in [0, 0.05) is 12.2 Å². The summed E-state index contributed by atoms with van der Waals surface area (Å²) in [4.78, 5) is 0. The van der Waals surface area contributed by atoms with E-state index in [1.165, 1.54) is 18.2 Å². The monoisotopic (exact) mass is 285 g/mol. The summed E-state index contributed by atoms with van der Waals surface area (Å²) in [6, 6.07) is 3.92. The van der Waals surface area contributed by atoms with E-state index in [1.807, 2.05) is 0 Å². The molecule has 0 unspecified atom stereocenters. The SMILES string of the molecule is NCc1nonc1/C(=N\O)Nc1ccc(F)c(Cl)c1. The average Bonchev–Trinajstić information content (AvgIpc) is 2.88. The lowest BCUT2D eigenvalue weighted by Gasteiger charge is -2.06. The number of amidine groups is 1. The fourth-order valence-electron chi connectivity index (χ4n) is 1.36. The van der Waals surface area contributed by atoms with Gasteiger partial charge in [-0.1, -0.05) is 21.9 Å². The van der Waals surface area contributed by atoms with Gasteiger partial charge in [0.05, 0.1) is 5.02 Å². The highest BCUT2D eigenvalue weighted by Crippen LogP contribution is 2.20. The molecule has 1 heterocycles. The summed E-state index contributed by atoms with van der Waals surface area (Å²) in [6.07, 6.45) is 0. The summed E-state index contributed by atoms with van der Waals surface area (Å²) < 4.78 is 17.5. The van der Waals surface area contributed by atoms with E-state index in [-0.39, 0.29) is 23.1 Å². The quantitative estimate of drug-likeness (QED) is 0.342. The summed E-state index contributed by atoms with van der Waals surface area (Å²) in [5, 5.41) is 21.8. The van der Waals surface area contributed by atoms with Crippen LogP contribution in [0.5, 0.6) is 0 Å². The number of nitrogens with one attached hydrogen (secondary N) is 1. The van der Waals surface area contributed by atoms with E-state index in [9.17, 15) is 4.39 Å². The van der Waals surface area contributed by atoms with E-state index >= 15 is 0 Å². The van der Waals surface area contributed by atoms with Crippen LogP contribution in [0.25, 0.3) is 0 Å². The Morgan fingerprint density at radius 1 is 1.53 bits per heavy atom. The molecule has 1 aromatic carbocycles. The van der Waals surface area contributed by atoms with Gasteiger partial charge in [-0.25, -0.2) is 9.02 Å². The number of nitrogens with two attached hydrogens (primary N) is 1. The molecule has 0 aliphatic rings. The molecule has 2 rings (SSSR count). The molecule has 0 atom stereocenters. The molecular formula is C10H9ClFN5O2. The zero-order valence-electron chi connectivity index (χ0n) is 9.47. The van der Waals surface area contributed by atoms with Gasteiger partial charge < -0.3 is 16.3 Å². The highest BCUT2D eigenvalue weighted by molar-refractivity contribution is 6.31.